The maximum absolute atomic E-state index is 5.24. The number of pyridine rings is 1. The van der Waals surface area contributed by atoms with Crippen molar-refractivity contribution < 1.29 is 0 Å². The van der Waals surface area contributed by atoms with Crippen LogP contribution in [0.1, 0.15) is 22.3 Å². The minimum atomic E-state index is -3.03. The molecular formula is C80H49N3Si. The lowest BCUT2D eigenvalue weighted by Crippen LogP contribution is -2.77. The smallest absolute Gasteiger partial charge is 0.184 e. The van der Waals surface area contributed by atoms with Gasteiger partial charge in [0.1, 0.15) is 5.82 Å². The van der Waals surface area contributed by atoms with Gasteiger partial charge in [-0.1, -0.05) is 243 Å². The van der Waals surface area contributed by atoms with E-state index >= 15 is 0 Å². The molecule has 1 spiro atoms. The first-order valence-electron chi connectivity index (χ1n) is 29.3. The summed E-state index contributed by atoms with van der Waals surface area (Å²) in [6.45, 7) is 0. The number of aromatic nitrogens is 2. The summed E-state index contributed by atoms with van der Waals surface area (Å²) in [5.74, 6) is 0.932. The largest absolute Gasteiger partial charge is 0.309 e. The molecule has 3 nitrogen and oxygen atoms in total. The van der Waals surface area contributed by atoms with Crippen LogP contribution in [0.15, 0.2) is 297 Å². The third kappa shape index (κ3) is 5.82. The van der Waals surface area contributed by atoms with Crippen molar-refractivity contribution >= 4 is 111 Å². The van der Waals surface area contributed by atoms with Crippen molar-refractivity contribution in [2.24, 2.45) is 0 Å². The average molecular weight is 1080 g/mol. The van der Waals surface area contributed by atoms with E-state index in [1.165, 1.54) is 142 Å². The summed E-state index contributed by atoms with van der Waals surface area (Å²) in [7, 11) is -3.03. The molecule has 0 saturated heterocycles. The van der Waals surface area contributed by atoms with Crippen LogP contribution in [0.4, 0.5) is 17.2 Å². The zero-order valence-electron chi connectivity index (χ0n) is 45.6. The molecule has 0 bridgehead atoms. The molecule has 3 heterocycles. The fraction of sp³-hybridized carbons (Fsp3) is 0.0125. The Balaban J connectivity index is 0.866. The zero-order chi connectivity index (χ0) is 54.8. The molecule has 2 aliphatic carbocycles. The molecule has 3 aliphatic rings. The Morgan fingerprint density at radius 2 is 0.893 bits per heavy atom. The number of fused-ring (bicyclic) bond motifs is 17. The van der Waals surface area contributed by atoms with E-state index in [-0.39, 0.29) is 0 Å². The Morgan fingerprint density at radius 1 is 0.321 bits per heavy atom. The lowest BCUT2D eigenvalue weighted by atomic mass is 9.70. The van der Waals surface area contributed by atoms with Gasteiger partial charge >= 0.3 is 0 Å². The summed E-state index contributed by atoms with van der Waals surface area (Å²) in [4.78, 5) is 7.68. The Labute approximate surface area is 486 Å². The second kappa shape index (κ2) is 17.0. The molecule has 0 atom stereocenters. The standard InChI is InChI=1S/C80H49N3Si/c1-3-22-55(23-4-1)84(56-24-5-2-6-25-56)74-37-18-17-36-71(74)83(79-57-26-8-7-20-50(57)44-45-81-79)72-43-41-53(48-75(72)84)52-40-42-70-63(46-52)60-29-12-16-35-69(60)82(70)73-49-64-77-54(39-38-51-21-19-31-62(73)76(51)77)47-68-78(64)61-30-11-15-34-67(61)80(68)65-32-13-9-27-58(65)59-28-10-14-33-66(59)80/h1-49H. The highest BCUT2D eigenvalue weighted by molar-refractivity contribution is 7.21. The van der Waals surface area contributed by atoms with Crippen molar-refractivity contribution in [1.82, 2.24) is 9.55 Å². The number of para-hydroxylation sites is 2. The molecule has 2 aromatic heterocycles. The van der Waals surface area contributed by atoms with E-state index in [1.807, 2.05) is 6.20 Å². The van der Waals surface area contributed by atoms with Crippen LogP contribution in [-0.2, 0) is 5.41 Å². The monoisotopic (exact) mass is 1080 g/mol. The zero-order valence-corrected chi connectivity index (χ0v) is 46.6. The molecule has 16 aromatic rings. The van der Waals surface area contributed by atoms with Gasteiger partial charge in [-0.25, -0.2) is 4.98 Å². The van der Waals surface area contributed by atoms with Crippen LogP contribution < -0.4 is 25.6 Å². The van der Waals surface area contributed by atoms with Crippen molar-refractivity contribution in [1.29, 1.82) is 0 Å². The van der Waals surface area contributed by atoms with Crippen LogP contribution in [0.25, 0.3) is 104 Å². The quantitative estimate of drug-likeness (QED) is 0.127. The number of anilines is 3. The second-order valence-electron chi connectivity index (χ2n) is 23.2. The van der Waals surface area contributed by atoms with Gasteiger partial charge in [0.25, 0.3) is 0 Å². The highest BCUT2D eigenvalue weighted by Crippen LogP contribution is 2.65. The summed E-state index contributed by atoms with van der Waals surface area (Å²) in [5.41, 5.74) is 18.5. The summed E-state index contributed by atoms with van der Waals surface area (Å²) in [6.07, 6.45) is 1.96. The van der Waals surface area contributed by atoms with Crippen LogP contribution in [-0.4, -0.2) is 17.6 Å². The Bertz CT molecular complexity index is 5380. The van der Waals surface area contributed by atoms with Crippen LogP contribution in [0.3, 0.4) is 0 Å². The van der Waals surface area contributed by atoms with Gasteiger partial charge in [-0.15, -0.1) is 0 Å². The summed E-state index contributed by atoms with van der Waals surface area (Å²) in [6, 6.07) is 110. The molecule has 388 valence electrons. The Morgan fingerprint density at radius 3 is 1.68 bits per heavy atom. The normalized spacial score (nSPS) is 14.1. The molecule has 1 aliphatic heterocycles. The van der Waals surface area contributed by atoms with Gasteiger partial charge in [-0.05, 0) is 157 Å². The van der Waals surface area contributed by atoms with Crippen LogP contribution in [0.5, 0.6) is 0 Å². The maximum atomic E-state index is 5.24. The molecule has 0 radical (unpaired) electrons. The van der Waals surface area contributed by atoms with E-state index in [1.54, 1.807) is 0 Å². The fourth-order valence-electron chi connectivity index (χ4n) is 16.2. The fourth-order valence-corrected chi connectivity index (χ4v) is 21.3. The van der Waals surface area contributed by atoms with Crippen molar-refractivity contribution in [3.63, 3.8) is 0 Å². The molecule has 84 heavy (non-hydrogen) atoms. The molecule has 4 heteroatoms. The van der Waals surface area contributed by atoms with Gasteiger partial charge < -0.3 is 4.57 Å². The highest BCUT2D eigenvalue weighted by Gasteiger charge is 2.53. The van der Waals surface area contributed by atoms with Crippen molar-refractivity contribution in [2.75, 3.05) is 4.90 Å². The van der Waals surface area contributed by atoms with E-state index in [0.29, 0.717) is 0 Å². The first-order chi connectivity index (χ1) is 41.7. The minimum Gasteiger partial charge on any atom is -0.309 e. The predicted octanol–water partition coefficient (Wildman–Crippen LogP) is 17.4. The van der Waals surface area contributed by atoms with Gasteiger partial charge in [0.05, 0.1) is 22.1 Å². The lowest BCUT2D eigenvalue weighted by Gasteiger charge is -2.45. The van der Waals surface area contributed by atoms with Crippen LogP contribution >= 0.6 is 0 Å². The summed E-state index contributed by atoms with van der Waals surface area (Å²) in [5, 5.41) is 17.8. The Hall–Kier alpha value is -10.7. The van der Waals surface area contributed by atoms with E-state index in [0.717, 1.165) is 22.3 Å². The SMILES string of the molecule is c1ccc([Si]2(c3ccccc3)c3ccccc3N(c3nccc4ccccc34)c3ccc(-c4ccc5c(c4)c4ccccc4n5-c4cc5c6c(cc7ccc8cccc4c8c75)C4(c5ccccc5-c5ccccc54)c4ccccc4-6)cc32)cc1. The summed E-state index contributed by atoms with van der Waals surface area (Å²) >= 11 is 0. The average Bonchev–Trinajstić information content (AvgIpc) is 1.46. The maximum Gasteiger partial charge on any atom is 0.184 e. The third-order valence-electron chi connectivity index (χ3n) is 19.4. The number of hydrogen-bond donors (Lipinski definition) is 0. The van der Waals surface area contributed by atoms with E-state index in [4.69, 9.17) is 4.98 Å². The highest BCUT2D eigenvalue weighted by atomic mass is 28.3. The molecule has 14 aromatic carbocycles. The first-order valence-corrected chi connectivity index (χ1v) is 31.3. The lowest BCUT2D eigenvalue weighted by molar-refractivity contribution is 0.795. The van der Waals surface area contributed by atoms with Gasteiger partial charge in [0.15, 0.2) is 8.07 Å². The summed E-state index contributed by atoms with van der Waals surface area (Å²) < 4.78 is 2.57. The molecule has 0 fully saturated rings. The molecule has 19 rings (SSSR count). The van der Waals surface area contributed by atoms with Crippen molar-refractivity contribution in [3.05, 3.63) is 320 Å². The number of nitrogens with zero attached hydrogens (tertiary/aromatic N) is 3. The van der Waals surface area contributed by atoms with E-state index in [2.05, 4.69) is 301 Å². The predicted molar refractivity (Wildman–Crippen MR) is 353 cm³/mol. The van der Waals surface area contributed by atoms with Gasteiger partial charge in [-0.2, -0.15) is 0 Å². The van der Waals surface area contributed by atoms with Gasteiger partial charge in [0.2, 0.25) is 0 Å². The third-order valence-corrected chi connectivity index (χ3v) is 24.3. The number of rotatable bonds is 5. The number of hydrogen-bond acceptors (Lipinski definition) is 2. The number of benzene rings is 14. The molecule has 0 unspecified atom stereocenters. The van der Waals surface area contributed by atoms with Gasteiger partial charge in [-0.3, -0.25) is 4.90 Å². The van der Waals surface area contributed by atoms with Crippen molar-refractivity contribution in [2.45, 2.75) is 5.41 Å². The van der Waals surface area contributed by atoms with Crippen LogP contribution in [0, 0.1) is 0 Å². The second-order valence-corrected chi connectivity index (χ2v) is 26.9. The van der Waals surface area contributed by atoms with Gasteiger partial charge in [0, 0.05) is 39.1 Å². The molecule has 0 saturated carbocycles. The van der Waals surface area contributed by atoms with E-state index in [9.17, 15) is 0 Å². The van der Waals surface area contributed by atoms with Crippen LogP contribution in [0.2, 0.25) is 0 Å². The molecule has 0 amide bonds. The Kier molecular flexibility index (Phi) is 9.29. The minimum absolute atomic E-state index is 0.456. The van der Waals surface area contributed by atoms with Crippen molar-refractivity contribution in [3.8, 4) is 39.1 Å². The molecular weight excluding hydrogens is 1030 g/mol. The first kappa shape index (κ1) is 46.0. The molecule has 0 N–H and O–H groups in total. The van der Waals surface area contributed by atoms with E-state index < -0.39 is 13.5 Å². The topological polar surface area (TPSA) is 21.1 Å².